The van der Waals surface area contributed by atoms with Crippen molar-refractivity contribution in [3.05, 3.63) is 28.7 Å². The molecule has 0 saturated heterocycles. The van der Waals surface area contributed by atoms with Crippen molar-refractivity contribution in [3.8, 4) is 0 Å². The van der Waals surface area contributed by atoms with E-state index in [1.165, 1.54) is 4.31 Å². The maximum absolute atomic E-state index is 12.7. The zero-order chi connectivity index (χ0) is 15.4. The molecule has 1 rings (SSSR count). The van der Waals surface area contributed by atoms with Gasteiger partial charge in [-0.3, -0.25) is 0 Å². The lowest BCUT2D eigenvalue weighted by Crippen LogP contribution is -2.42. The standard InChI is InChI=1S/C14H23BrN2O2S/c1-4-8-17(11-14(2,3)10-16)20(18,19)13-7-5-6-12(15)9-13/h5-7,9H,4,8,10-11,16H2,1-3H3. The Morgan fingerprint density at radius 3 is 2.50 bits per heavy atom. The van der Waals surface area contributed by atoms with Gasteiger partial charge >= 0.3 is 0 Å². The Morgan fingerprint density at radius 2 is 2.00 bits per heavy atom. The van der Waals surface area contributed by atoms with Crippen LogP contribution in [0.4, 0.5) is 0 Å². The van der Waals surface area contributed by atoms with Crippen molar-refractivity contribution in [2.24, 2.45) is 11.1 Å². The molecule has 1 aromatic carbocycles. The van der Waals surface area contributed by atoms with Gasteiger partial charge in [-0.1, -0.05) is 42.8 Å². The fourth-order valence-electron chi connectivity index (χ4n) is 1.85. The molecule has 0 aliphatic carbocycles. The summed E-state index contributed by atoms with van der Waals surface area (Å²) in [7, 11) is -3.48. The highest BCUT2D eigenvalue weighted by Gasteiger charge is 2.29. The molecule has 0 spiro atoms. The minimum Gasteiger partial charge on any atom is -0.330 e. The molecule has 0 amide bonds. The molecule has 0 radical (unpaired) electrons. The number of nitrogens with zero attached hydrogens (tertiary/aromatic N) is 1. The van der Waals surface area contributed by atoms with Crippen LogP contribution in [0.1, 0.15) is 27.2 Å². The lowest BCUT2D eigenvalue weighted by Gasteiger charge is -2.31. The molecule has 0 unspecified atom stereocenters. The van der Waals surface area contributed by atoms with Crippen molar-refractivity contribution in [2.75, 3.05) is 19.6 Å². The maximum atomic E-state index is 12.7. The SMILES string of the molecule is CCCN(CC(C)(C)CN)S(=O)(=O)c1cccc(Br)c1. The van der Waals surface area contributed by atoms with Crippen LogP contribution in [-0.2, 0) is 10.0 Å². The summed E-state index contributed by atoms with van der Waals surface area (Å²) in [4.78, 5) is 0.313. The van der Waals surface area contributed by atoms with Crippen molar-refractivity contribution in [1.82, 2.24) is 4.31 Å². The third-order valence-electron chi connectivity index (χ3n) is 3.06. The summed E-state index contributed by atoms with van der Waals surface area (Å²) in [6.07, 6.45) is 0.772. The highest BCUT2D eigenvalue weighted by atomic mass is 79.9. The summed E-state index contributed by atoms with van der Waals surface area (Å²) in [5.41, 5.74) is 5.49. The Kier molecular flexibility index (Phi) is 6.19. The third kappa shape index (κ3) is 4.55. The van der Waals surface area contributed by atoms with Crippen LogP contribution in [0.15, 0.2) is 33.6 Å². The summed E-state index contributed by atoms with van der Waals surface area (Å²) in [5.74, 6) is 0. The second kappa shape index (κ2) is 7.02. The van der Waals surface area contributed by atoms with Crippen molar-refractivity contribution in [2.45, 2.75) is 32.1 Å². The molecule has 0 saturated carbocycles. The predicted octanol–water partition coefficient (Wildman–Crippen LogP) is 2.83. The van der Waals surface area contributed by atoms with Gasteiger partial charge in [-0.05, 0) is 36.6 Å². The number of halogens is 1. The van der Waals surface area contributed by atoms with Crippen molar-refractivity contribution in [3.63, 3.8) is 0 Å². The molecule has 2 N–H and O–H groups in total. The monoisotopic (exact) mass is 362 g/mol. The molecule has 6 heteroatoms. The molecule has 0 heterocycles. The van der Waals surface area contributed by atoms with Gasteiger partial charge in [-0.25, -0.2) is 8.42 Å². The van der Waals surface area contributed by atoms with E-state index in [2.05, 4.69) is 15.9 Å². The van der Waals surface area contributed by atoms with E-state index in [1.54, 1.807) is 18.2 Å². The fourth-order valence-corrected chi connectivity index (χ4v) is 4.17. The van der Waals surface area contributed by atoms with Gasteiger partial charge < -0.3 is 5.73 Å². The number of sulfonamides is 1. The van der Waals surface area contributed by atoms with Gasteiger partial charge in [0.15, 0.2) is 0 Å². The average molecular weight is 363 g/mol. The minimum atomic E-state index is -3.48. The van der Waals surface area contributed by atoms with E-state index >= 15 is 0 Å². The zero-order valence-electron chi connectivity index (χ0n) is 12.3. The topological polar surface area (TPSA) is 63.4 Å². The van der Waals surface area contributed by atoms with Gasteiger partial charge in [0.25, 0.3) is 0 Å². The van der Waals surface area contributed by atoms with Crippen LogP contribution in [0.25, 0.3) is 0 Å². The van der Waals surface area contributed by atoms with Gasteiger partial charge in [-0.15, -0.1) is 0 Å². The Hall–Kier alpha value is -0.430. The van der Waals surface area contributed by atoms with E-state index in [0.717, 1.165) is 10.9 Å². The number of benzene rings is 1. The molecule has 0 bridgehead atoms. The van der Waals surface area contributed by atoms with Crippen molar-refractivity contribution >= 4 is 26.0 Å². The maximum Gasteiger partial charge on any atom is 0.243 e. The quantitative estimate of drug-likeness (QED) is 0.810. The molecule has 0 aliphatic heterocycles. The smallest absolute Gasteiger partial charge is 0.243 e. The molecule has 114 valence electrons. The van der Waals surface area contributed by atoms with E-state index in [0.29, 0.717) is 24.5 Å². The molecule has 1 aromatic rings. The number of hydrogen-bond acceptors (Lipinski definition) is 3. The van der Waals surface area contributed by atoms with Gasteiger partial charge in [0.1, 0.15) is 0 Å². The predicted molar refractivity (Wildman–Crippen MR) is 86.0 cm³/mol. The first kappa shape index (κ1) is 17.6. The summed E-state index contributed by atoms with van der Waals surface area (Å²) in [5, 5.41) is 0. The largest absolute Gasteiger partial charge is 0.330 e. The first-order chi connectivity index (χ1) is 9.23. The number of rotatable bonds is 7. The lowest BCUT2D eigenvalue weighted by atomic mass is 9.94. The van der Waals surface area contributed by atoms with Gasteiger partial charge in [0.2, 0.25) is 10.0 Å². The Bertz CT molecular complexity index is 544. The third-order valence-corrected chi connectivity index (χ3v) is 5.40. The molecule has 0 aliphatic rings. The van der Waals surface area contributed by atoms with E-state index in [1.807, 2.05) is 26.8 Å². The van der Waals surface area contributed by atoms with Crippen molar-refractivity contribution < 1.29 is 8.42 Å². The molecule has 4 nitrogen and oxygen atoms in total. The first-order valence-corrected chi connectivity index (χ1v) is 8.92. The molecule has 0 fully saturated rings. The van der Waals surface area contributed by atoms with Gasteiger partial charge in [0.05, 0.1) is 4.90 Å². The van der Waals surface area contributed by atoms with Crippen LogP contribution in [0, 0.1) is 5.41 Å². The van der Waals surface area contributed by atoms with Gasteiger partial charge in [-0.2, -0.15) is 4.31 Å². The molecule has 20 heavy (non-hydrogen) atoms. The van der Waals surface area contributed by atoms with Crippen molar-refractivity contribution in [1.29, 1.82) is 0 Å². The van der Waals surface area contributed by atoms with Gasteiger partial charge in [0, 0.05) is 17.6 Å². The second-order valence-corrected chi connectivity index (χ2v) is 8.52. The van der Waals surface area contributed by atoms with Crippen LogP contribution in [0.3, 0.4) is 0 Å². The summed E-state index contributed by atoms with van der Waals surface area (Å²) >= 11 is 3.31. The molecule has 0 atom stereocenters. The highest BCUT2D eigenvalue weighted by Crippen LogP contribution is 2.24. The highest BCUT2D eigenvalue weighted by molar-refractivity contribution is 9.10. The zero-order valence-corrected chi connectivity index (χ0v) is 14.7. The Balaban J connectivity index is 3.12. The van der Waals surface area contributed by atoms with E-state index in [4.69, 9.17) is 5.73 Å². The van der Waals surface area contributed by atoms with Crippen LogP contribution in [0.5, 0.6) is 0 Å². The number of nitrogens with two attached hydrogens (primary N) is 1. The van der Waals surface area contributed by atoms with Crippen LogP contribution < -0.4 is 5.73 Å². The number of hydrogen-bond donors (Lipinski definition) is 1. The van der Waals surface area contributed by atoms with E-state index in [9.17, 15) is 8.42 Å². The normalized spacial score (nSPS) is 12.9. The molecular weight excluding hydrogens is 340 g/mol. The Labute approximate surface area is 130 Å². The minimum absolute atomic E-state index is 0.242. The average Bonchev–Trinajstić information content (AvgIpc) is 2.38. The van der Waals surface area contributed by atoms with E-state index < -0.39 is 10.0 Å². The van der Waals surface area contributed by atoms with Crippen LogP contribution in [-0.4, -0.2) is 32.4 Å². The Morgan fingerprint density at radius 1 is 1.35 bits per heavy atom. The first-order valence-electron chi connectivity index (χ1n) is 6.69. The van der Waals surface area contributed by atoms with Crippen LogP contribution in [0.2, 0.25) is 0 Å². The molecular formula is C14H23BrN2O2S. The fraction of sp³-hybridized carbons (Fsp3) is 0.571. The summed E-state index contributed by atoms with van der Waals surface area (Å²) in [6, 6.07) is 6.80. The molecule has 0 aromatic heterocycles. The van der Waals surface area contributed by atoms with Crippen LogP contribution >= 0.6 is 15.9 Å². The lowest BCUT2D eigenvalue weighted by molar-refractivity contribution is 0.266. The summed E-state index contributed by atoms with van der Waals surface area (Å²) in [6.45, 7) is 7.29. The summed E-state index contributed by atoms with van der Waals surface area (Å²) < 4.78 is 27.8. The second-order valence-electron chi connectivity index (χ2n) is 5.66. The van der Waals surface area contributed by atoms with E-state index in [-0.39, 0.29) is 5.41 Å².